The van der Waals surface area contributed by atoms with Crippen molar-refractivity contribution in [3.05, 3.63) is 46.5 Å². The fourth-order valence-electron chi connectivity index (χ4n) is 1.37. The number of hydrogen-bond donors (Lipinski definition) is 1. The van der Waals surface area contributed by atoms with Crippen molar-refractivity contribution >= 4 is 17.0 Å². The zero-order valence-corrected chi connectivity index (χ0v) is 7.82. The molecule has 0 amide bonds. The van der Waals surface area contributed by atoms with Crippen molar-refractivity contribution in [2.24, 2.45) is 0 Å². The normalized spacial score (nSPS) is 11.2. The number of aromatic amines is 1. The van der Waals surface area contributed by atoms with Gasteiger partial charge in [0.25, 0.3) is 5.56 Å². The summed E-state index contributed by atoms with van der Waals surface area (Å²) in [6.45, 7) is 1.95. The van der Waals surface area contributed by atoms with Crippen molar-refractivity contribution in [2.75, 3.05) is 0 Å². The number of nitrogens with zero attached hydrogens (tertiary/aromatic N) is 1. The fraction of sp³-hybridized carbons (Fsp3) is 0.0909. The standard InChI is InChI=1S/C11H10N2O/c1-2-3-8-6-9-4-5-12-11(14)10(9)13-7-8/h2-7H,1H3,(H,12,14)/b3-2-. The van der Waals surface area contributed by atoms with Crippen LogP contribution in [-0.2, 0) is 0 Å². The van der Waals surface area contributed by atoms with Gasteiger partial charge in [0.15, 0.2) is 0 Å². The Kier molecular flexibility index (Phi) is 2.14. The van der Waals surface area contributed by atoms with Crippen LogP contribution in [0.15, 0.2) is 35.4 Å². The van der Waals surface area contributed by atoms with E-state index in [1.165, 1.54) is 0 Å². The number of hydrogen-bond acceptors (Lipinski definition) is 2. The van der Waals surface area contributed by atoms with E-state index in [1.54, 1.807) is 12.4 Å². The van der Waals surface area contributed by atoms with E-state index in [9.17, 15) is 4.79 Å². The topological polar surface area (TPSA) is 45.8 Å². The largest absolute Gasteiger partial charge is 0.327 e. The number of allylic oxidation sites excluding steroid dienone is 1. The average Bonchev–Trinajstić information content (AvgIpc) is 2.18. The lowest BCUT2D eigenvalue weighted by atomic mass is 10.2. The van der Waals surface area contributed by atoms with Gasteiger partial charge in [0.1, 0.15) is 5.52 Å². The third kappa shape index (κ3) is 1.44. The number of pyridine rings is 2. The molecule has 2 aromatic heterocycles. The minimum atomic E-state index is -0.144. The molecular weight excluding hydrogens is 176 g/mol. The molecule has 1 N–H and O–H groups in total. The van der Waals surface area contributed by atoms with Crippen molar-refractivity contribution in [2.45, 2.75) is 6.92 Å². The second-order valence-corrected chi connectivity index (χ2v) is 3.01. The van der Waals surface area contributed by atoms with Crippen LogP contribution in [0.2, 0.25) is 0 Å². The lowest BCUT2D eigenvalue weighted by molar-refractivity contribution is 1.23. The average molecular weight is 186 g/mol. The van der Waals surface area contributed by atoms with E-state index in [-0.39, 0.29) is 5.56 Å². The van der Waals surface area contributed by atoms with E-state index in [0.29, 0.717) is 5.52 Å². The summed E-state index contributed by atoms with van der Waals surface area (Å²) in [5.41, 5.74) is 1.35. The van der Waals surface area contributed by atoms with Crippen LogP contribution < -0.4 is 5.56 Å². The van der Waals surface area contributed by atoms with Crippen LogP contribution >= 0.6 is 0 Å². The monoisotopic (exact) mass is 186 g/mol. The van der Waals surface area contributed by atoms with Gasteiger partial charge in [0, 0.05) is 17.8 Å². The zero-order valence-electron chi connectivity index (χ0n) is 7.82. The second kappa shape index (κ2) is 3.46. The molecular formula is C11H10N2O. The molecule has 0 bridgehead atoms. The zero-order chi connectivity index (χ0) is 9.97. The van der Waals surface area contributed by atoms with Crippen molar-refractivity contribution < 1.29 is 0 Å². The molecule has 0 aliphatic rings. The Morgan fingerprint density at radius 1 is 1.50 bits per heavy atom. The van der Waals surface area contributed by atoms with E-state index in [1.807, 2.05) is 31.2 Å². The molecule has 0 spiro atoms. The minimum absolute atomic E-state index is 0.144. The molecule has 2 aromatic rings. The van der Waals surface area contributed by atoms with Crippen molar-refractivity contribution in [1.82, 2.24) is 9.97 Å². The summed E-state index contributed by atoms with van der Waals surface area (Å²) < 4.78 is 0. The third-order valence-corrected chi connectivity index (χ3v) is 1.99. The van der Waals surface area contributed by atoms with Gasteiger partial charge in [0.2, 0.25) is 0 Å². The molecule has 0 atom stereocenters. The van der Waals surface area contributed by atoms with E-state index in [0.717, 1.165) is 10.9 Å². The number of aromatic nitrogens is 2. The molecule has 14 heavy (non-hydrogen) atoms. The molecule has 0 saturated heterocycles. The summed E-state index contributed by atoms with van der Waals surface area (Å²) >= 11 is 0. The predicted octanol–water partition coefficient (Wildman–Crippen LogP) is 1.96. The Hall–Kier alpha value is -1.90. The summed E-state index contributed by atoms with van der Waals surface area (Å²) in [5, 5.41) is 0.865. The lowest BCUT2D eigenvalue weighted by Gasteiger charge is -1.96. The van der Waals surface area contributed by atoms with Crippen LogP contribution in [0.3, 0.4) is 0 Å². The van der Waals surface area contributed by atoms with E-state index in [4.69, 9.17) is 0 Å². The van der Waals surface area contributed by atoms with Crippen LogP contribution in [0, 0.1) is 0 Å². The van der Waals surface area contributed by atoms with Gasteiger partial charge in [-0.2, -0.15) is 0 Å². The maximum Gasteiger partial charge on any atom is 0.274 e. The molecule has 0 unspecified atom stereocenters. The number of fused-ring (bicyclic) bond motifs is 1. The second-order valence-electron chi connectivity index (χ2n) is 3.01. The molecule has 2 rings (SSSR count). The lowest BCUT2D eigenvalue weighted by Crippen LogP contribution is -2.06. The summed E-state index contributed by atoms with van der Waals surface area (Å²) in [7, 11) is 0. The van der Waals surface area contributed by atoms with E-state index < -0.39 is 0 Å². The molecule has 2 heterocycles. The van der Waals surface area contributed by atoms with Gasteiger partial charge in [-0.25, -0.2) is 4.98 Å². The molecule has 0 aliphatic carbocycles. The van der Waals surface area contributed by atoms with Gasteiger partial charge in [-0.15, -0.1) is 0 Å². The maximum atomic E-state index is 11.3. The predicted molar refractivity (Wildman–Crippen MR) is 57.1 cm³/mol. The SMILES string of the molecule is C/C=C\c1cnc2c(=O)[nH]ccc2c1. The number of nitrogens with one attached hydrogen (secondary N) is 1. The Bertz CT molecular complexity index is 540. The van der Waals surface area contributed by atoms with Gasteiger partial charge >= 0.3 is 0 Å². The highest BCUT2D eigenvalue weighted by Gasteiger charge is 1.98. The summed E-state index contributed by atoms with van der Waals surface area (Å²) in [4.78, 5) is 18.0. The van der Waals surface area contributed by atoms with E-state index in [2.05, 4.69) is 9.97 Å². The Morgan fingerprint density at radius 3 is 3.14 bits per heavy atom. The van der Waals surface area contributed by atoms with Gasteiger partial charge in [-0.1, -0.05) is 12.2 Å². The highest BCUT2D eigenvalue weighted by molar-refractivity contribution is 5.79. The molecule has 0 aromatic carbocycles. The highest BCUT2D eigenvalue weighted by atomic mass is 16.1. The van der Waals surface area contributed by atoms with Crippen molar-refractivity contribution in [3.63, 3.8) is 0 Å². The van der Waals surface area contributed by atoms with Crippen molar-refractivity contribution in [1.29, 1.82) is 0 Å². The first-order chi connectivity index (χ1) is 6.81. The van der Waals surface area contributed by atoms with Crippen LogP contribution in [0.5, 0.6) is 0 Å². The van der Waals surface area contributed by atoms with Crippen LogP contribution in [0.1, 0.15) is 12.5 Å². The Balaban J connectivity index is 2.73. The van der Waals surface area contributed by atoms with Crippen molar-refractivity contribution in [3.8, 4) is 0 Å². The first kappa shape index (κ1) is 8.69. The maximum absolute atomic E-state index is 11.3. The number of rotatable bonds is 1. The Labute approximate surface area is 81.1 Å². The molecule has 70 valence electrons. The molecule has 0 fully saturated rings. The van der Waals surface area contributed by atoms with Gasteiger partial charge in [-0.3, -0.25) is 4.79 Å². The van der Waals surface area contributed by atoms with Gasteiger partial charge in [-0.05, 0) is 24.6 Å². The van der Waals surface area contributed by atoms with Crippen LogP contribution in [-0.4, -0.2) is 9.97 Å². The van der Waals surface area contributed by atoms with Crippen LogP contribution in [0.25, 0.3) is 17.0 Å². The summed E-state index contributed by atoms with van der Waals surface area (Å²) in [5.74, 6) is 0. The summed E-state index contributed by atoms with van der Waals surface area (Å²) in [6.07, 6.45) is 7.22. The fourth-order valence-corrected chi connectivity index (χ4v) is 1.37. The third-order valence-electron chi connectivity index (χ3n) is 1.99. The molecule has 3 heteroatoms. The first-order valence-corrected chi connectivity index (χ1v) is 4.41. The molecule has 0 aliphatic heterocycles. The smallest absolute Gasteiger partial charge is 0.274 e. The minimum Gasteiger partial charge on any atom is -0.327 e. The Morgan fingerprint density at radius 2 is 2.36 bits per heavy atom. The molecule has 0 saturated carbocycles. The van der Waals surface area contributed by atoms with E-state index >= 15 is 0 Å². The quantitative estimate of drug-likeness (QED) is 0.739. The molecule has 3 nitrogen and oxygen atoms in total. The number of H-pyrrole nitrogens is 1. The highest BCUT2D eigenvalue weighted by Crippen LogP contribution is 2.09. The van der Waals surface area contributed by atoms with Gasteiger partial charge < -0.3 is 4.98 Å². The summed E-state index contributed by atoms with van der Waals surface area (Å²) in [6, 6.07) is 3.79. The first-order valence-electron chi connectivity index (χ1n) is 4.41. The van der Waals surface area contributed by atoms with Gasteiger partial charge in [0.05, 0.1) is 0 Å². The van der Waals surface area contributed by atoms with Crippen LogP contribution in [0.4, 0.5) is 0 Å². The molecule has 0 radical (unpaired) electrons.